The van der Waals surface area contributed by atoms with E-state index >= 15 is 0 Å². The Labute approximate surface area is 146 Å². The summed E-state index contributed by atoms with van der Waals surface area (Å²) >= 11 is 0. The van der Waals surface area contributed by atoms with Crippen LogP contribution in [-0.2, 0) is 11.3 Å². The van der Waals surface area contributed by atoms with Gasteiger partial charge in [-0.1, -0.05) is 12.1 Å². The lowest BCUT2D eigenvalue weighted by atomic mass is 9.97. The van der Waals surface area contributed by atoms with Crippen molar-refractivity contribution < 1.29 is 4.79 Å². The van der Waals surface area contributed by atoms with Crippen molar-refractivity contribution in [3.8, 4) is 0 Å². The molecular formula is C19H21N5O. The van der Waals surface area contributed by atoms with Crippen LogP contribution in [0.15, 0.2) is 55.0 Å². The van der Waals surface area contributed by atoms with Gasteiger partial charge < -0.3 is 10.2 Å². The quantitative estimate of drug-likeness (QED) is 0.794. The Morgan fingerprint density at radius 1 is 1.24 bits per heavy atom. The molecule has 1 aliphatic heterocycles. The fourth-order valence-electron chi connectivity index (χ4n) is 3.39. The Kier molecular flexibility index (Phi) is 4.33. The molecule has 1 N–H and O–H groups in total. The second-order valence-electron chi connectivity index (χ2n) is 6.39. The van der Waals surface area contributed by atoms with Crippen LogP contribution in [0.3, 0.4) is 0 Å². The minimum atomic E-state index is -0.00223. The van der Waals surface area contributed by atoms with Gasteiger partial charge in [-0.3, -0.25) is 4.79 Å². The first-order valence-electron chi connectivity index (χ1n) is 8.66. The highest BCUT2D eigenvalue weighted by atomic mass is 16.1. The zero-order valence-electron chi connectivity index (χ0n) is 14.0. The van der Waals surface area contributed by atoms with Gasteiger partial charge in [0.1, 0.15) is 5.82 Å². The van der Waals surface area contributed by atoms with Gasteiger partial charge in [0.25, 0.3) is 0 Å². The molecule has 1 saturated heterocycles. The molecule has 0 saturated carbocycles. The molecule has 128 valence electrons. The molecule has 0 aliphatic carbocycles. The van der Waals surface area contributed by atoms with Gasteiger partial charge >= 0.3 is 0 Å². The van der Waals surface area contributed by atoms with Crippen molar-refractivity contribution in [2.75, 3.05) is 18.0 Å². The molecule has 4 heterocycles. The largest absolute Gasteiger partial charge is 0.356 e. The Bertz CT molecular complexity index is 860. The molecule has 6 nitrogen and oxygen atoms in total. The predicted molar refractivity (Wildman–Crippen MR) is 96.2 cm³/mol. The first kappa shape index (κ1) is 15.6. The fraction of sp³-hybridized carbons (Fsp3) is 0.316. The van der Waals surface area contributed by atoms with Gasteiger partial charge in [0.05, 0.1) is 17.6 Å². The zero-order chi connectivity index (χ0) is 17.1. The van der Waals surface area contributed by atoms with Crippen molar-refractivity contribution in [2.24, 2.45) is 5.92 Å². The Balaban J connectivity index is 1.39. The third kappa shape index (κ3) is 3.33. The molecule has 0 bridgehead atoms. The van der Waals surface area contributed by atoms with Gasteiger partial charge in [0.2, 0.25) is 5.91 Å². The smallest absolute Gasteiger partial charge is 0.225 e. The number of pyridine rings is 2. The average molecular weight is 335 g/mol. The third-order valence-electron chi connectivity index (χ3n) is 4.72. The summed E-state index contributed by atoms with van der Waals surface area (Å²) in [4.78, 5) is 19.2. The summed E-state index contributed by atoms with van der Waals surface area (Å²) in [5.74, 6) is 1.05. The number of hydrogen-bond donors (Lipinski definition) is 1. The van der Waals surface area contributed by atoms with Gasteiger partial charge in [-0.15, -0.1) is 0 Å². The van der Waals surface area contributed by atoms with E-state index in [9.17, 15) is 4.79 Å². The Morgan fingerprint density at radius 2 is 2.16 bits per heavy atom. The molecule has 3 aromatic heterocycles. The summed E-state index contributed by atoms with van der Waals surface area (Å²) < 4.78 is 1.82. The van der Waals surface area contributed by atoms with Crippen LogP contribution in [0, 0.1) is 5.92 Å². The van der Waals surface area contributed by atoms with Crippen molar-refractivity contribution in [1.29, 1.82) is 0 Å². The van der Waals surface area contributed by atoms with Crippen molar-refractivity contribution in [3.05, 3.63) is 60.6 Å². The lowest BCUT2D eigenvalue weighted by Gasteiger charge is -2.32. The second-order valence-corrected chi connectivity index (χ2v) is 6.39. The van der Waals surface area contributed by atoms with E-state index in [-0.39, 0.29) is 11.8 Å². The monoisotopic (exact) mass is 335 g/mol. The third-order valence-corrected chi connectivity index (χ3v) is 4.72. The van der Waals surface area contributed by atoms with Crippen LogP contribution in [0.4, 0.5) is 5.82 Å². The standard InChI is InChI=1S/C19H21N5O/c25-19(21-12-16-13-22-24-11-4-2-7-17(16)24)15-6-5-10-23(14-15)18-8-1-3-9-20-18/h1-4,7-9,11,13,15H,5-6,10,12,14H2,(H,21,25)/t15-/m1/s1. The summed E-state index contributed by atoms with van der Waals surface area (Å²) in [6, 6.07) is 11.8. The van der Waals surface area contributed by atoms with E-state index in [1.54, 1.807) is 6.20 Å². The molecule has 1 amide bonds. The lowest BCUT2D eigenvalue weighted by Crippen LogP contribution is -2.43. The number of piperidine rings is 1. The number of nitrogens with zero attached hydrogens (tertiary/aromatic N) is 4. The number of carbonyl (C=O) groups excluding carboxylic acids is 1. The fourth-order valence-corrected chi connectivity index (χ4v) is 3.39. The van der Waals surface area contributed by atoms with Gasteiger partial charge in [-0.2, -0.15) is 5.10 Å². The number of aromatic nitrogens is 3. The maximum absolute atomic E-state index is 12.6. The van der Waals surface area contributed by atoms with Crippen molar-refractivity contribution in [3.63, 3.8) is 0 Å². The first-order chi connectivity index (χ1) is 12.3. The van der Waals surface area contributed by atoms with E-state index in [2.05, 4.69) is 20.3 Å². The number of anilines is 1. The summed E-state index contributed by atoms with van der Waals surface area (Å²) in [5, 5.41) is 7.39. The molecule has 1 fully saturated rings. The number of nitrogens with one attached hydrogen (secondary N) is 1. The zero-order valence-corrected chi connectivity index (χ0v) is 14.0. The number of amides is 1. The second kappa shape index (κ2) is 6.93. The van der Waals surface area contributed by atoms with Crippen molar-refractivity contribution in [1.82, 2.24) is 19.9 Å². The maximum Gasteiger partial charge on any atom is 0.225 e. The van der Waals surface area contributed by atoms with E-state index < -0.39 is 0 Å². The van der Waals surface area contributed by atoms with E-state index in [4.69, 9.17) is 0 Å². The molecule has 1 aliphatic rings. The predicted octanol–water partition coefficient (Wildman–Crippen LogP) is 2.26. The van der Waals surface area contributed by atoms with Crippen LogP contribution < -0.4 is 10.2 Å². The number of rotatable bonds is 4. The molecule has 25 heavy (non-hydrogen) atoms. The molecular weight excluding hydrogens is 314 g/mol. The SMILES string of the molecule is O=C(NCc1cnn2ccccc12)[C@@H]1CCCN(c2ccccn2)C1. The van der Waals surface area contributed by atoms with Crippen LogP contribution >= 0.6 is 0 Å². The summed E-state index contributed by atoms with van der Waals surface area (Å²) in [6.07, 6.45) is 7.45. The number of fused-ring (bicyclic) bond motifs is 1. The van der Waals surface area contributed by atoms with E-state index in [0.717, 1.165) is 42.8 Å². The Morgan fingerprint density at radius 3 is 3.04 bits per heavy atom. The van der Waals surface area contributed by atoms with Crippen LogP contribution in [0.1, 0.15) is 18.4 Å². The highest BCUT2D eigenvalue weighted by molar-refractivity contribution is 5.79. The molecule has 0 radical (unpaired) electrons. The first-order valence-corrected chi connectivity index (χ1v) is 8.66. The minimum absolute atomic E-state index is 0.00223. The lowest BCUT2D eigenvalue weighted by molar-refractivity contribution is -0.125. The molecule has 6 heteroatoms. The van der Waals surface area contributed by atoms with Crippen molar-refractivity contribution in [2.45, 2.75) is 19.4 Å². The average Bonchev–Trinajstić information content (AvgIpc) is 3.10. The maximum atomic E-state index is 12.6. The van der Waals surface area contributed by atoms with Gasteiger partial charge in [0.15, 0.2) is 0 Å². The van der Waals surface area contributed by atoms with Gasteiger partial charge in [-0.05, 0) is 37.1 Å². The normalized spacial score (nSPS) is 17.6. The number of hydrogen-bond acceptors (Lipinski definition) is 4. The Hall–Kier alpha value is -2.89. The van der Waals surface area contributed by atoms with Crippen LogP contribution in [-0.4, -0.2) is 33.6 Å². The molecule has 0 spiro atoms. The summed E-state index contributed by atoms with van der Waals surface area (Å²) in [5.41, 5.74) is 2.06. The molecule has 1 atom stereocenters. The molecule has 0 aromatic carbocycles. The molecule has 3 aromatic rings. The topological polar surface area (TPSA) is 62.5 Å². The van der Waals surface area contributed by atoms with Crippen molar-refractivity contribution >= 4 is 17.2 Å². The van der Waals surface area contributed by atoms with E-state index in [1.807, 2.05) is 53.3 Å². The van der Waals surface area contributed by atoms with Crippen LogP contribution in [0.5, 0.6) is 0 Å². The van der Waals surface area contributed by atoms with Gasteiger partial charge in [0, 0.05) is 37.6 Å². The van der Waals surface area contributed by atoms with E-state index in [0.29, 0.717) is 6.54 Å². The van der Waals surface area contributed by atoms with E-state index in [1.165, 1.54) is 0 Å². The summed E-state index contributed by atoms with van der Waals surface area (Å²) in [7, 11) is 0. The summed E-state index contributed by atoms with van der Waals surface area (Å²) in [6.45, 7) is 2.18. The van der Waals surface area contributed by atoms with Gasteiger partial charge in [-0.25, -0.2) is 9.50 Å². The highest BCUT2D eigenvalue weighted by Gasteiger charge is 2.26. The molecule has 0 unspecified atom stereocenters. The van der Waals surface area contributed by atoms with Crippen LogP contribution in [0.2, 0.25) is 0 Å². The molecule has 4 rings (SSSR count). The minimum Gasteiger partial charge on any atom is -0.356 e. The highest BCUT2D eigenvalue weighted by Crippen LogP contribution is 2.21. The van der Waals surface area contributed by atoms with Crippen LogP contribution in [0.25, 0.3) is 5.52 Å². The number of carbonyl (C=O) groups is 1.